The quantitative estimate of drug-likeness (QED) is 0.680. The molecule has 1 amide bonds. The number of hydrogen-bond acceptors (Lipinski definition) is 4. The van der Waals surface area contributed by atoms with Crippen LogP contribution in [0.4, 0.5) is 10.1 Å². The van der Waals surface area contributed by atoms with Gasteiger partial charge in [0, 0.05) is 5.02 Å². The summed E-state index contributed by atoms with van der Waals surface area (Å²) in [6.07, 6.45) is 3.15. The number of nitrogens with zero attached hydrogens (tertiary/aromatic N) is 1. The third-order valence-corrected chi connectivity index (χ3v) is 3.73. The highest BCUT2D eigenvalue weighted by atomic mass is 35.5. The Balaban J connectivity index is 1.66. The fourth-order valence-electron chi connectivity index (χ4n) is 2.40. The Labute approximate surface area is 149 Å². The zero-order valence-corrected chi connectivity index (χ0v) is 14.0. The van der Waals surface area contributed by atoms with E-state index in [1.54, 1.807) is 24.7 Å². The van der Waals surface area contributed by atoms with E-state index in [9.17, 15) is 9.18 Å². The summed E-state index contributed by atoms with van der Waals surface area (Å²) in [4.78, 5) is 14.1. The smallest absolute Gasteiger partial charge is 0.238 e. The Bertz CT molecular complexity index is 783. The highest BCUT2D eigenvalue weighted by molar-refractivity contribution is 6.30. The predicted octanol–water partition coefficient (Wildman–Crippen LogP) is 4.31. The average molecular weight is 363 g/mol. The molecule has 0 fully saturated rings. The molecule has 25 heavy (non-hydrogen) atoms. The molecule has 0 unspecified atom stereocenters. The van der Waals surface area contributed by atoms with Crippen molar-refractivity contribution in [2.75, 3.05) is 11.9 Å². The van der Waals surface area contributed by atoms with Gasteiger partial charge in [-0.1, -0.05) is 11.6 Å². The van der Waals surface area contributed by atoms with Crippen molar-refractivity contribution in [3.63, 3.8) is 0 Å². The van der Waals surface area contributed by atoms with Crippen molar-refractivity contribution in [3.05, 3.63) is 77.4 Å². The van der Waals surface area contributed by atoms with Crippen molar-refractivity contribution in [1.82, 2.24) is 4.90 Å². The van der Waals surface area contributed by atoms with Gasteiger partial charge in [0.1, 0.15) is 17.3 Å². The number of furan rings is 2. The highest BCUT2D eigenvalue weighted by Gasteiger charge is 2.16. The molecule has 0 aliphatic carbocycles. The van der Waals surface area contributed by atoms with Crippen LogP contribution in [0.15, 0.2) is 63.8 Å². The van der Waals surface area contributed by atoms with Crippen LogP contribution in [-0.2, 0) is 17.9 Å². The van der Waals surface area contributed by atoms with Gasteiger partial charge >= 0.3 is 0 Å². The fraction of sp³-hybridized carbons (Fsp3) is 0.167. The summed E-state index contributed by atoms with van der Waals surface area (Å²) in [7, 11) is 0. The normalized spacial score (nSPS) is 11.0. The number of amides is 1. The van der Waals surface area contributed by atoms with Crippen molar-refractivity contribution in [3.8, 4) is 0 Å². The molecule has 2 heterocycles. The standard InChI is InChI=1S/C18H16ClFN2O3/c19-13-5-6-17(16(20)9-13)21-18(23)12-22(10-14-3-1-7-24-14)11-15-4-2-8-25-15/h1-9H,10-12H2,(H,21,23). The molecule has 3 rings (SSSR count). The maximum atomic E-state index is 13.8. The molecule has 2 aromatic heterocycles. The molecule has 0 aliphatic rings. The summed E-state index contributed by atoms with van der Waals surface area (Å²) in [5, 5.41) is 2.82. The third kappa shape index (κ3) is 4.95. The van der Waals surface area contributed by atoms with Gasteiger partial charge in [-0.25, -0.2) is 4.39 Å². The highest BCUT2D eigenvalue weighted by Crippen LogP contribution is 2.19. The molecule has 0 radical (unpaired) electrons. The van der Waals surface area contributed by atoms with Crippen molar-refractivity contribution >= 4 is 23.2 Å². The van der Waals surface area contributed by atoms with E-state index in [4.69, 9.17) is 20.4 Å². The number of rotatable bonds is 7. The Morgan fingerprint density at radius 1 is 1.08 bits per heavy atom. The minimum Gasteiger partial charge on any atom is -0.468 e. The molecule has 0 spiro atoms. The predicted molar refractivity (Wildman–Crippen MR) is 91.6 cm³/mol. The van der Waals surface area contributed by atoms with Crippen LogP contribution in [-0.4, -0.2) is 17.4 Å². The van der Waals surface area contributed by atoms with E-state index in [-0.39, 0.29) is 23.2 Å². The van der Waals surface area contributed by atoms with Gasteiger partial charge < -0.3 is 14.2 Å². The lowest BCUT2D eigenvalue weighted by atomic mass is 10.3. The maximum absolute atomic E-state index is 13.8. The van der Waals surface area contributed by atoms with E-state index in [1.165, 1.54) is 12.1 Å². The van der Waals surface area contributed by atoms with Gasteiger partial charge in [0.05, 0.1) is 37.8 Å². The number of carbonyl (C=O) groups excluding carboxylic acids is 1. The fourth-order valence-corrected chi connectivity index (χ4v) is 2.56. The zero-order chi connectivity index (χ0) is 17.6. The van der Waals surface area contributed by atoms with E-state index in [0.717, 1.165) is 17.6 Å². The summed E-state index contributed by atoms with van der Waals surface area (Å²) in [6.45, 7) is 0.887. The van der Waals surface area contributed by atoms with Gasteiger partial charge in [0.15, 0.2) is 0 Å². The van der Waals surface area contributed by atoms with Gasteiger partial charge in [0.2, 0.25) is 5.91 Å². The molecule has 3 aromatic rings. The number of carbonyl (C=O) groups is 1. The van der Waals surface area contributed by atoms with E-state index < -0.39 is 5.82 Å². The minimum atomic E-state index is -0.579. The molecule has 1 aromatic carbocycles. The lowest BCUT2D eigenvalue weighted by molar-refractivity contribution is -0.117. The largest absolute Gasteiger partial charge is 0.468 e. The molecule has 0 aliphatic heterocycles. The first kappa shape index (κ1) is 17.3. The summed E-state index contributed by atoms with van der Waals surface area (Å²) in [6, 6.07) is 11.3. The van der Waals surface area contributed by atoms with Gasteiger partial charge in [-0.3, -0.25) is 9.69 Å². The summed E-state index contributed by atoms with van der Waals surface area (Å²) >= 11 is 5.72. The van der Waals surface area contributed by atoms with Crippen LogP contribution in [0.1, 0.15) is 11.5 Å². The first-order chi connectivity index (χ1) is 12.1. The second-order valence-electron chi connectivity index (χ2n) is 5.48. The van der Waals surface area contributed by atoms with E-state index in [1.807, 2.05) is 17.0 Å². The molecule has 5 nitrogen and oxygen atoms in total. The SMILES string of the molecule is O=C(CN(Cc1ccco1)Cc1ccco1)Nc1ccc(Cl)cc1F. The third-order valence-electron chi connectivity index (χ3n) is 3.49. The molecule has 0 atom stereocenters. The lowest BCUT2D eigenvalue weighted by Gasteiger charge is -2.19. The summed E-state index contributed by atoms with van der Waals surface area (Å²) in [5.74, 6) is 0.512. The molecule has 0 saturated carbocycles. The van der Waals surface area contributed by atoms with Crippen LogP contribution < -0.4 is 5.32 Å². The van der Waals surface area contributed by atoms with Gasteiger partial charge in [-0.05, 0) is 42.5 Å². The molecular formula is C18H16ClFN2O3. The number of nitrogens with one attached hydrogen (secondary N) is 1. The number of halogens is 2. The van der Waals surface area contributed by atoms with Crippen LogP contribution in [0.5, 0.6) is 0 Å². The first-order valence-corrected chi connectivity index (χ1v) is 8.00. The van der Waals surface area contributed by atoms with Crippen LogP contribution in [0.2, 0.25) is 5.02 Å². The van der Waals surface area contributed by atoms with Gasteiger partial charge in [-0.15, -0.1) is 0 Å². The molecule has 7 heteroatoms. The van der Waals surface area contributed by atoms with Crippen molar-refractivity contribution in [2.24, 2.45) is 0 Å². The molecule has 1 N–H and O–H groups in total. The Hall–Kier alpha value is -2.57. The summed E-state index contributed by atoms with van der Waals surface area (Å²) < 4.78 is 24.5. The zero-order valence-electron chi connectivity index (χ0n) is 13.2. The lowest BCUT2D eigenvalue weighted by Crippen LogP contribution is -2.32. The average Bonchev–Trinajstić information content (AvgIpc) is 3.24. The minimum absolute atomic E-state index is 0.0451. The van der Waals surface area contributed by atoms with Crippen molar-refractivity contribution in [1.29, 1.82) is 0 Å². The number of anilines is 1. The Morgan fingerprint density at radius 2 is 1.72 bits per heavy atom. The molecule has 130 valence electrons. The van der Waals surface area contributed by atoms with E-state index >= 15 is 0 Å². The molecule has 0 bridgehead atoms. The van der Waals surface area contributed by atoms with Crippen LogP contribution in [0, 0.1) is 5.82 Å². The Kier molecular flexibility index (Phi) is 5.53. The monoisotopic (exact) mass is 362 g/mol. The molecular weight excluding hydrogens is 347 g/mol. The van der Waals surface area contributed by atoms with Gasteiger partial charge in [0.25, 0.3) is 0 Å². The van der Waals surface area contributed by atoms with Gasteiger partial charge in [-0.2, -0.15) is 0 Å². The summed E-state index contributed by atoms with van der Waals surface area (Å²) in [5.41, 5.74) is 0.0883. The van der Waals surface area contributed by atoms with Crippen LogP contribution in [0.25, 0.3) is 0 Å². The van der Waals surface area contributed by atoms with Crippen LogP contribution >= 0.6 is 11.6 Å². The van der Waals surface area contributed by atoms with Crippen LogP contribution in [0.3, 0.4) is 0 Å². The van der Waals surface area contributed by atoms with E-state index in [0.29, 0.717) is 13.1 Å². The number of benzene rings is 1. The van der Waals surface area contributed by atoms with E-state index in [2.05, 4.69) is 5.32 Å². The Morgan fingerprint density at radius 3 is 2.24 bits per heavy atom. The molecule has 0 saturated heterocycles. The second-order valence-corrected chi connectivity index (χ2v) is 5.91. The topological polar surface area (TPSA) is 58.6 Å². The first-order valence-electron chi connectivity index (χ1n) is 7.62. The van der Waals surface area contributed by atoms with Crippen molar-refractivity contribution in [2.45, 2.75) is 13.1 Å². The van der Waals surface area contributed by atoms with Crippen molar-refractivity contribution < 1.29 is 18.0 Å². The number of hydrogen-bond donors (Lipinski definition) is 1. The maximum Gasteiger partial charge on any atom is 0.238 e. The second kappa shape index (κ2) is 8.00.